The van der Waals surface area contributed by atoms with Crippen molar-refractivity contribution in [2.75, 3.05) is 5.33 Å². The molecule has 1 aromatic rings. The lowest BCUT2D eigenvalue weighted by Gasteiger charge is -2.16. The summed E-state index contributed by atoms with van der Waals surface area (Å²) in [6.45, 7) is 6.83. The fourth-order valence-corrected chi connectivity index (χ4v) is 3.48. The zero-order valence-electron chi connectivity index (χ0n) is 9.22. The summed E-state index contributed by atoms with van der Waals surface area (Å²) in [5.41, 5.74) is 0. The number of hydrogen-bond acceptors (Lipinski definition) is 1. The molecule has 0 N–H and O–H groups in total. The summed E-state index contributed by atoms with van der Waals surface area (Å²) >= 11 is 5.58. The molecule has 0 amide bonds. The summed E-state index contributed by atoms with van der Waals surface area (Å²) in [5.74, 6) is 1.54. The first-order valence-electron chi connectivity index (χ1n) is 5.30. The molecule has 2 heteroatoms. The third kappa shape index (κ3) is 3.39. The molecule has 1 unspecified atom stereocenters. The van der Waals surface area contributed by atoms with E-state index in [1.165, 1.54) is 17.7 Å². The Morgan fingerprint density at radius 1 is 1.29 bits per heavy atom. The van der Waals surface area contributed by atoms with Crippen molar-refractivity contribution in [2.45, 2.75) is 33.6 Å². The monoisotopic (exact) mass is 274 g/mol. The van der Waals surface area contributed by atoms with Gasteiger partial charge in [-0.2, -0.15) is 0 Å². The van der Waals surface area contributed by atoms with Crippen molar-refractivity contribution in [3.8, 4) is 0 Å². The highest BCUT2D eigenvalue weighted by atomic mass is 79.9. The number of rotatable bonds is 5. The quantitative estimate of drug-likeness (QED) is 0.693. The van der Waals surface area contributed by atoms with Crippen molar-refractivity contribution in [1.82, 2.24) is 0 Å². The van der Waals surface area contributed by atoms with Crippen LogP contribution in [0.2, 0.25) is 0 Å². The Bertz CT molecular complexity index is 265. The maximum atomic E-state index is 3.60. The molecular weight excluding hydrogens is 256 g/mol. The maximum Gasteiger partial charge on any atom is 0.00655 e. The van der Waals surface area contributed by atoms with E-state index in [1.807, 2.05) is 11.3 Å². The van der Waals surface area contributed by atoms with E-state index in [0.29, 0.717) is 0 Å². The first kappa shape index (κ1) is 12.3. The lowest BCUT2D eigenvalue weighted by molar-refractivity contribution is 0.429. The van der Waals surface area contributed by atoms with E-state index in [2.05, 4.69) is 48.8 Å². The average molecular weight is 275 g/mol. The summed E-state index contributed by atoms with van der Waals surface area (Å²) in [6, 6.07) is 4.56. The highest BCUT2D eigenvalue weighted by Gasteiger charge is 2.13. The van der Waals surface area contributed by atoms with Gasteiger partial charge in [0.05, 0.1) is 0 Å². The van der Waals surface area contributed by atoms with Gasteiger partial charge in [0.25, 0.3) is 0 Å². The minimum Gasteiger partial charge on any atom is -0.145 e. The van der Waals surface area contributed by atoms with E-state index in [1.54, 1.807) is 4.88 Å². The van der Waals surface area contributed by atoms with Gasteiger partial charge < -0.3 is 0 Å². The third-order valence-electron chi connectivity index (χ3n) is 2.67. The van der Waals surface area contributed by atoms with Gasteiger partial charge in [0, 0.05) is 15.1 Å². The standard InChI is InChI=1S/C12H19BrS/c1-4-11-5-6-12(14-11)7-10(8-13)9(2)3/h5-6,9-10H,4,7-8H2,1-3H3. The second kappa shape index (κ2) is 5.92. The molecular formula is C12H19BrS. The highest BCUT2D eigenvalue weighted by molar-refractivity contribution is 9.09. The van der Waals surface area contributed by atoms with Crippen LogP contribution in [0.4, 0.5) is 0 Å². The zero-order chi connectivity index (χ0) is 10.6. The molecule has 1 atom stereocenters. The Labute approximate surface area is 99.9 Å². The van der Waals surface area contributed by atoms with E-state index < -0.39 is 0 Å². The van der Waals surface area contributed by atoms with Gasteiger partial charge in [0.2, 0.25) is 0 Å². The molecule has 0 spiro atoms. The SMILES string of the molecule is CCc1ccc(CC(CBr)C(C)C)s1. The summed E-state index contributed by atoms with van der Waals surface area (Å²) in [5, 5.41) is 1.12. The van der Waals surface area contributed by atoms with Crippen molar-refractivity contribution in [3.05, 3.63) is 21.9 Å². The molecule has 0 saturated carbocycles. The van der Waals surface area contributed by atoms with Crippen molar-refractivity contribution in [1.29, 1.82) is 0 Å². The molecule has 14 heavy (non-hydrogen) atoms. The normalized spacial score (nSPS) is 13.5. The topological polar surface area (TPSA) is 0 Å². The first-order valence-corrected chi connectivity index (χ1v) is 7.24. The van der Waals surface area contributed by atoms with Crippen LogP contribution < -0.4 is 0 Å². The van der Waals surface area contributed by atoms with Crippen LogP contribution in [-0.2, 0) is 12.8 Å². The summed E-state index contributed by atoms with van der Waals surface area (Å²) in [7, 11) is 0. The number of aryl methyl sites for hydroxylation is 1. The summed E-state index contributed by atoms with van der Waals surface area (Å²) < 4.78 is 0. The van der Waals surface area contributed by atoms with Crippen molar-refractivity contribution >= 4 is 27.3 Å². The predicted octanol–water partition coefficient (Wildman–Crippen LogP) is 4.52. The number of alkyl halides is 1. The molecule has 0 aliphatic heterocycles. The van der Waals surface area contributed by atoms with Crippen LogP contribution in [-0.4, -0.2) is 5.33 Å². The Morgan fingerprint density at radius 3 is 2.36 bits per heavy atom. The predicted molar refractivity (Wildman–Crippen MR) is 69.5 cm³/mol. The number of halogens is 1. The summed E-state index contributed by atoms with van der Waals surface area (Å²) in [6.07, 6.45) is 2.40. The molecule has 0 nitrogen and oxygen atoms in total. The lowest BCUT2D eigenvalue weighted by Crippen LogP contribution is -2.12. The van der Waals surface area contributed by atoms with E-state index in [-0.39, 0.29) is 0 Å². The number of thiophene rings is 1. The second-order valence-corrected chi connectivity index (χ2v) is 5.98. The van der Waals surface area contributed by atoms with Crippen LogP contribution in [0.1, 0.15) is 30.5 Å². The fourth-order valence-electron chi connectivity index (χ4n) is 1.45. The van der Waals surface area contributed by atoms with Crippen LogP contribution in [0.5, 0.6) is 0 Å². The highest BCUT2D eigenvalue weighted by Crippen LogP contribution is 2.24. The Balaban J connectivity index is 2.57. The summed E-state index contributed by atoms with van der Waals surface area (Å²) in [4.78, 5) is 3.05. The van der Waals surface area contributed by atoms with Crippen molar-refractivity contribution < 1.29 is 0 Å². The third-order valence-corrected chi connectivity index (χ3v) is 4.75. The largest absolute Gasteiger partial charge is 0.145 e. The fraction of sp³-hybridized carbons (Fsp3) is 0.667. The average Bonchev–Trinajstić information content (AvgIpc) is 2.61. The Morgan fingerprint density at radius 2 is 1.93 bits per heavy atom. The van der Waals surface area contributed by atoms with Crippen molar-refractivity contribution in [3.63, 3.8) is 0 Å². The molecule has 0 saturated heterocycles. The van der Waals surface area contributed by atoms with Gasteiger partial charge in [-0.25, -0.2) is 0 Å². The van der Waals surface area contributed by atoms with E-state index in [4.69, 9.17) is 0 Å². The van der Waals surface area contributed by atoms with Crippen LogP contribution in [0.15, 0.2) is 12.1 Å². The molecule has 0 aliphatic carbocycles. The first-order chi connectivity index (χ1) is 6.67. The molecule has 1 heterocycles. The van der Waals surface area contributed by atoms with Crippen LogP contribution in [0.25, 0.3) is 0 Å². The minimum absolute atomic E-state index is 0.765. The van der Waals surface area contributed by atoms with Gasteiger partial charge in [0.1, 0.15) is 0 Å². The Kier molecular flexibility index (Phi) is 5.18. The smallest absolute Gasteiger partial charge is 0.00655 e. The zero-order valence-corrected chi connectivity index (χ0v) is 11.6. The maximum absolute atomic E-state index is 3.60. The number of hydrogen-bond donors (Lipinski definition) is 0. The van der Waals surface area contributed by atoms with Crippen LogP contribution >= 0.6 is 27.3 Å². The van der Waals surface area contributed by atoms with Gasteiger partial charge in [-0.05, 0) is 36.8 Å². The van der Waals surface area contributed by atoms with Gasteiger partial charge in [-0.15, -0.1) is 11.3 Å². The van der Waals surface area contributed by atoms with Crippen LogP contribution in [0.3, 0.4) is 0 Å². The molecule has 0 bridgehead atoms. The van der Waals surface area contributed by atoms with E-state index in [9.17, 15) is 0 Å². The molecule has 0 radical (unpaired) electrons. The van der Waals surface area contributed by atoms with Gasteiger partial charge in [0.15, 0.2) is 0 Å². The van der Waals surface area contributed by atoms with Crippen molar-refractivity contribution in [2.24, 2.45) is 11.8 Å². The van der Waals surface area contributed by atoms with Gasteiger partial charge in [-0.3, -0.25) is 0 Å². The van der Waals surface area contributed by atoms with E-state index >= 15 is 0 Å². The molecule has 0 fully saturated rings. The second-order valence-electron chi connectivity index (χ2n) is 4.08. The molecule has 0 aromatic carbocycles. The molecule has 1 rings (SSSR count). The van der Waals surface area contributed by atoms with Gasteiger partial charge >= 0.3 is 0 Å². The van der Waals surface area contributed by atoms with Crippen LogP contribution in [0, 0.1) is 11.8 Å². The molecule has 0 aliphatic rings. The minimum atomic E-state index is 0.765. The molecule has 1 aromatic heterocycles. The van der Waals surface area contributed by atoms with Gasteiger partial charge in [-0.1, -0.05) is 36.7 Å². The lowest BCUT2D eigenvalue weighted by atomic mass is 9.94. The Hall–Kier alpha value is 0.180. The van der Waals surface area contributed by atoms with E-state index in [0.717, 1.165) is 17.2 Å². The molecule has 80 valence electrons.